The van der Waals surface area contributed by atoms with Crippen LogP contribution in [0.5, 0.6) is 11.5 Å². The molecule has 0 radical (unpaired) electrons. The molecule has 1 unspecified atom stereocenters. The van der Waals surface area contributed by atoms with Gasteiger partial charge in [-0.05, 0) is 17.7 Å². The van der Waals surface area contributed by atoms with Crippen molar-refractivity contribution in [2.24, 2.45) is 5.73 Å². The molecule has 0 aliphatic heterocycles. The minimum Gasteiger partial charge on any atom is -0.493 e. The molecule has 0 spiro atoms. The largest absolute Gasteiger partial charge is 0.493 e. The smallest absolute Gasteiger partial charge is 0.261 e. The SMILES string of the molecule is COc1ccc(C(N)COCC(F)F)cc1OC. The van der Waals surface area contributed by atoms with E-state index in [1.807, 2.05) is 0 Å². The van der Waals surface area contributed by atoms with Crippen LogP contribution >= 0.6 is 0 Å². The maximum Gasteiger partial charge on any atom is 0.261 e. The highest BCUT2D eigenvalue weighted by atomic mass is 19.3. The van der Waals surface area contributed by atoms with E-state index >= 15 is 0 Å². The van der Waals surface area contributed by atoms with Crippen LogP contribution in [0.15, 0.2) is 18.2 Å². The molecule has 0 aliphatic carbocycles. The van der Waals surface area contributed by atoms with E-state index in [1.54, 1.807) is 18.2 Å². The van der Waals surface area contributed by atoms with Crippen LogP contribution in [0.4, 0.5) is 8.78 Å². The number of hydrogen-bond donors (Lipinski definition) is 1. The minimum absolute atomic E-state index is 0.0276. The van der Waals surface area contributed by atoms with Crippen molar-refractivity contribution in [2.75, 3.05) is 27.4 Å². The van der Waals surface area contributed by atoms with Crippen LogP contribution in [0, 0.1) is 0 Å². The van der Waals surface area contributed by atoms with Crippen LogP contribution in [-0.2, 0) is 4.74 Å². The summed E-state index contributed by atoms with van der Waals surface area (Å²) in [5.41, 5.74) is 6.57. The zero-order valence-electron chi connectivity index (χ0n) is 10.4. The first-order valence-electron chi connectivity index (χ1n) is 5.42. The van der Waals surface area contributed by atoms with Gasteiger partial charge in [-0.3, -0.25) is 0 Å². The molecule has 0 heterocycles. The van der Waals surface area contributed by atoms with Crippen molar-refractivity contribution in [1.82, 2.24) is 0 Å². The molecule has 102 valence electrons. The lowest BCUT2D eigenvalue weighted by molar-refractivity contribution is 0.0125. The number of hydrogen-bond acceptors (Lipinski definition) is 4. The molecule has 1 rings (SSSR count). The monoisotopic (exact) mass is 261 g/mol. The summed E-state index contributed by atoms with van der Waals surface area (Å²) >= 11 is 0. The van der Waals surface area contributed by atoms with Gasteiger partial charge in [0.05, 0.1) is 26.9 Å². The molecular weight excluding hydrogens is 244 g/mol. The molecule has 0 fully saturated rings. The van der Waals surface area contributed by atoms with E-state index in [9.17, 15) is 8.78 Å². The zero-order valence-corrected chi connectivity index (χ0v) is 10.4. The number of rotatable bonds is 7. The highest BCUT2D eigenvalue weighted by Gasteiger charge is 2.12. The van der Waals surface area contributed by atoms with E-state index in [0.717, 1.165) is 5.56 Å². The lowest BCUT2D eigenvalue weighted by Crippen LogP contribution is -2.19. The Bertz CT molecular complexity index is 374. The fourth-order valence-electron chi connectivity index (χ4n) is 1.46. The molecule has 0 aliphatic rings. The summed E-state index contributed by atoms with van der Waals surface area (Å²) in [6.45, 7) is -0.583. The average molecular weight is 261 g/mol. The summed E-state index contributed by atoms with van der Waals surface area (Å²) in [4.78, 5) is 0. The van der Waals surface area contributed by atoms with E-state index in [2.05, 4.69) is 0 Å². The van der Waals surface area contributed by atoms with Gasteiger partial charge in [0.15, 0.2) is 11.5 Å². The molecule has 0 saturated heterocycles. The van der Waals surface area contributed by atoms with Gasteiger partial charge in [0.1, 0.15) is 6.61 Å². The summed E-state index contributed by atoms with van der Waals surface area (Å²) in [5.74, 6) is 1.13. The van der Waals surface area contributed by atoms with Gasteiger partial charge in [0.25, 0.3) is 6.43 Å². The standard InChI is InChI=1S/C12H17F2NO3/c1-16-10-4-3-8(5-11(10)17-2)9(15)6-18-7-12(13)14/h3-5,9,12H,6-7,15H2,1-2H3. The van der Waals surface area contributed by atoms with Crippen LogP contribution in [0.1, 0.15) is 11.6 Å². The van der Waals surface area contributed by atoms with Crippen molar-refractivity contribution in [2.45, 2.75) is 12.5 Å². The molecule has 1 aromatic rings. The van der Waals surface area contributed by atoms with Crippen molar-refractivity contribution in [3.8, 4) is 11.5 Å². The predicted molar refractivity (Wildman–Crippen MR) is 63.3 cm³/mol. The second kappa shape index (κ2) is 7.13. The average Bonchev–Trinajstić information content (AvgIpc) is 2.37. The molecule has 1 aromatic carbocycles. The maximum absolute atomic E-state index is 11.9. The highest BCUT2D eigenvalue weighted by Crippen LogP contribution is 2.29. The zero-order chi connectivity index (χ0) is 13.5. The van der Waals surface area contributed by atoms with Gasteiger partial charge in [-0.1, -0.05) is 6.07 Å². The van der Waals surface area contributed by atoms with E-state index in [-0.39, 0.29) is 6.61 Å². The van der Waals surface area contributed by atoms with Crippen molar-refractivity contribution in [3.05, 3.63) is 23.8 Å². The third-order valence-corrected chi connectivity index (χ3v) is 2.38. The van der Waals surface area contributed by atoms with E-state index in [4.69, 9.17) is 19.9 Å². The second-order valence-electron chi connectivity index (χ2n) is 3.65. The van der Waals surface area contributed by atoms with Crippen LogP contribution in [0.25, 0.3) is 0 Å². The first-order chi connectivity index (χ1) is 8.58. The Hall–Kier alpha value is -1.40. The molecule has 0 saturated carbocycles. The number of benzene rings is 1. The Balaban J connectivity index is 2.65. The summed E-state index contributed by atoms with van der Waals surface area (Å²) in [6.07, 6.45) is -2.48. The van der Waals surface area contributed by atoms with Crippen LogP contribution in [-0.4, -0.2) is 33.9 Å². The van der Waals surface area contributed by atoms with E-state index < -0.39 is 19.1 Å². The van der Waals surface area contributed by atoms with Crippen molar-refractivity contribution in [3.63, 3.8) is 0 Å². The van der Waals surface area contributed by atoms with Crippen LogP contribution in [0.2, 0.25) is 0 Å². The lowest BCUT2D eigenvalue weighted by Gasteiger charge is -2.15. The van der Waals surface area contributed by atoms with Gasteiger partial charge in [-0.25, -0.2) is 8.78 Å². The predicted octanol–water partition coefficient (Wildman–Crippen LogP) is 1.99. The molecule has 6 heteroatoms. The van der Waals surface area contributed by atoms with Crippen molar-refractivity contribution in [1.29, 1.82) is 0 Å². The Kier molecular flexibility index (Phi) is 5.80. The van der Waals surface area contributed by atoms with Crippen molar-refractivity contribution >= 4 is 0 Å². The van der Waals surface area contributed by atoms with Crippen LogP contribution in [0.3, 0.4) is 0 Å². The van der Waals surface area contributed by atoms with Gasteiger partial charge in [0.2, 0.25) is 0 Å². The molecule has 1 atom stereocenters. The third kappa shape index (κ3) is 4.12. The second-order valence-corrected chi connectivity index (χ2v) is 3.65. The first-order valence-corrected chi connectivity index (χ1v) is 5.42. The van der Waals surface area contributed by atoms with Gasteiger partial charge in [-0.2, -0.15) is 0 Å². The van der Waals surface area contributed by atoms with Gasteiger partial charge in [0, 0.05) is 0 Å². The Morgan fingerprint density at radius 3 is 2.33 bits per heavy atom. The molecule has 2 N–H and O–H groups in total. The summed E-state index contributed by atoms with van der Waals surface area (Å²) in [5, 5.41) is 0. The molecule has 4 nitrogen and oxygen atoms in total. The highest BCUT2D eigenvalue weighted by molar-refractivity contribution is 5.43. The van der Waals surface area contributed by atoms with Crippen LogP contribution < -0.4 is 15.2 Å². The van der Waals surface area contributed by atoms with E-state index in [1.165, 1.54) is 14.2 Å². The summed E-state index contributed by atoms with van der Waals surface area (Å²) in [6, 6.07) is 4.68. The number of methoxy groups -OCH3 is 2. The molecule has 0 bridgehead atoms. The molecule has 0 aromatic heterocycles. The van der Waals surface area contributed by atoms with Gasteiger partial charge >= 0.3 is 0 Å². The minimum atomic E-state index is -2.48. The Labute approximate surface area is 105 Å². The molecular formula is C12H17F2NO3. The first kappa shape index (κ1) is 14.7. The fraction of sp³-hybridized carbons (Fsp3) is 0.500. The van der Waals surface area contributed by atoms with E-state index in [0.29, 0.717) is 11.5 Å². The topological polar surface area (TPSA) is 53.7 Å². The maximum atomic E-state index is 11.9. The molecule has 18 heavy (non-hydrogen) atoms. The van der Waals surface area contributed by atoms with Gasteiger partial charge < -0.3 is 19.9 Å². The van der Waals surface area contributed by atoms with Gasteiger partial charge in [-0.15, -0.1) is 0 Å². The Morgan fingerprint density at radius 2 is 1.78 bits per heavy atom. The van der Waals surface area contributed by atoms with Crippen molar-refractivity contribution < 1.29 is 23.0 Å². The normalized spacial score (nSPS) is 12.6. The number of alkyl halides is 2. The fourth-order valence-corrected chi connectivity index (χ4v) is 1.46. The summed E-state index contributed by atoms with van der Waals surface area (Å²) in [7, 11) is 3.05. The summed E-state index contributed by atoms with van der Waals surface area (Å²) < 4.78 is 38.8. The lowest BCUT2D eigenvalue weighted by atomic mass is 10.1. The third-order valence-electron chi connectivity index (χ3n) is 2.38. The molecule has 0 amide bonds. The number of ether oxygens (including phenoxy) is 3. The Morgan fingerprint density at radius 1 is 1.11 bits per heavy atom. The quantitative estimate of drug-likeness (QED) is 0.815. The number of nitrogens with two attached hydrogens (primary N) is 1. The number of halogens is 2.